The van der Waals surface area contributed by atoms with E-state index in [0.717, 1.165) is 5.56 Å². The molecule has 2 aromatic rings. The van der Waals surface area contributed by atoms with Gasteiger partial charge in [-0.2, -0.15) is 0 Å². The summed E-state index contributed by atoms with van der Waals surface area (Å²) in [7, 11) is 3.37. The summed E-state index contributed by atoms with van der Waals surface area (Å²) in [5.74, 6) is 0.850. The fourth-order valence-electron chi connectivity index (χ4n) is 1.68. The van der Waals surface area contributed by atoms with Crippen LogP contribution in [0.4, 0.5) is 23.1 Å². The molecule has 0 unspecified atom stereocenters. The van der Waals surface area contributed by atoms with Crippen LogP contribution >= 0.6 is 0 Å². The van der Waals surface area contributed by atoms with Crippen LogP contribution in [-0.2, 0) is 0 Å². The van der Waals surface area contributed by atoms with E-state index in [-0.39, 0.29) is 17.3 Å². The zero-order chi connectivity index (χ0) is 14.7. The third-order valence-corrected chi connectivity index (χ3v) is 2.57. The molecule has 2 heterocycles. The number of hydrogen-bond donors (Lipinski definition) is 1. The molecule has 104 valence electrons. The quantitative estimate of drug-likeness (QED) is 0.671. The molecule has 8 nitrogen and oxygen atoms in total. The lowest BCUT2D eigenvalue weighted by atomic mass is 10.3. The van der Waals surface area contributed by atoms with Crippen LogP contribution in [0.5, 0.6) is 0 Å². The summed E-state index contributed by atoms with van der Waals surface area (Å²) in [6.45, 7) is 1.91. The van der Waals surface area contributed by atoms with Crippen LogP contribution in [0.1, 0.15) is 5.56 Å². The smallest absolute Gasteiger partial charge is 0.353 e. The summed E-state index contributed by atoms with van der Waals surface area (Å²) in [5, 5.41) is 14.1. The van der Waals surface area contributed by atoms with Crippen LogP contribution in [-0.4, -0.2) is 34.0 Å². The zero-order valence-electron chi connectivity index (χ0n) is 11.4. The normalized spacial score (nSPS) is 10.2. The van der Waals surface area contributed by atoms with Crippen molar-refractivity contribution in [2.75, 3.05) is 24.3 Å². The van der Waals surface area contributed by atoms with Crippen LogP contribution in [0, 0.1) is 17.0 Å². The molecular formula is C12H14N6O2. The average Bonchev–Trinajstić information content (AvgIpc) is 2.38. The predicted molar refractivity (Wildman–Crippen MR) is 75.3 cm³/mol. The molecule has 20 heavy (non-hydrogen) atoms. The van der Waals surface area contributed by atoms with Crippen molar-refractivity contribution in [2.45, 2.75) is 6.92 Å². The molecule has 0 aromatic carbocycles. The van der Waals surface area contributed by atoms with Crippen LogP contribution in [0.3, 0.4) is 0 Å². The minimum Gasteiger partial charge on any atom is -0.357 e. The molecule has 0 spiro atoms. The fourth-order valence-corrected chi connectivity index (χ4v) is 1.68. The number of aromatic nitrogens is 3. The van der Waals surface area contributed by atoms with Gasteiger partial charge in [0.1, 0.15) is 12.1 Å². The summed E-state index contributed by atoms with van der Waals surface area (Å²) in [6, 6.07) is 3.62. The van der Waals surface area contributed by atoms with Crippen LogP contribution < -0.4 is 10.2 Å². The van der Waals surface area contributed by atoms with Crippen molar-refractivity contribution in [3.63, 3.8) is 0 Å². The van der Waals surface area contributed by atoms with E-state index in [2.05, 4.69) is 20.3 Å². The van der Waals surface area contributed by atoms with Crippen LogP contribution in [0.15, 0.2) is 24.7 Å². The molecule has 1 N–H and O–H groups in total. The van der Waals surface area contributed by atoms with Gasteiger partial charge in [-0.1, -0.05) is 0 Å². The molecule has 0 saturated heterocycles. The van der Waals surface area contributed by atoms with Gasteiger partial charge in [0, 0.05) is 20.3 Å². The van der Waals surface area contributed by atoms with Crippen LogP contribution in [0.25, 0.3) is 0 Å². The van der Waals surface area contributed by atoms with E-state index in [1.54, 1.807) is 31.3 Å². The fraction of sp³-hybridized carbons (Fsp3) is 0.250. The zero-order valence-corrected chi connectivity index (χ0v) is 11.4. The average molecular weight is 274 g/mol. The standard InChI is InChI=1S/C12H14N6O2/c1-8-4-5-13-9(6-8)16-11-10(18(19)20)12(17(2)3)15-7-14-11/h4-7H,1-3H3,(H,13,14,15,16). The number of nitro groups is 1. The lowest BCUT2D eigenvalue weighted by molar-refractivity contribution is -0.383. The number of hydrogen-bond acceptors (Lipinski definition) is 7. The van der Waals surface area contributed by atoms with Crippen LogP contribution in [0.2, 0.25) is 0 Å². The maximum atomic E-state index is 11.2. The number of rotatable bonds is 4. The van der Waals surface area contributed by atoms with Crippen molar-refractivity contribution in [3.8, 4) is 0 Å². The monoisotopic (exact) mass is 274 g/mol. The van der Waals surface area contributed by atoms with Gasteiger partial charge < -0.3 is 10.2 Å². The SMILES string of the molecule is Cc1ccnc(Nc2ncnc(N(C)C)c2[N+](=O)[O-])c1. The lowest BCUT2D eigenvalue weighted by Crippen LogP contribution is -2.14. The second-order valence-corrected chi connectivity index (χ2v) is 4.39. The molecule has 0 bridgehead atoms. The van der Waals surface area contributed by atoms with Gasteiger partial charge in [0.2, 0.25) is 11.6 Å². The first-order valence-corrected chi connectivity index (χ1v) is 5.85. The van der Waals surface area contributed by atoms with Gasteiger partial charge in [-0.15, -0.1) is 0 Å². The maximum absolute atomic E-state index is 11.2. The number of aryl methyl sites for hydroxylation is 1. The first-order chi connectivity index (χ1) is 9.49. The molecule has 8 heteroatoms. The predicted octanol–water partition coefficient (Wildman–Crippen LogP) is 1.90. The highest BCUT2D eigenvalue weighted by atomic mass is 16.6. The summed E-state index contributed by atoms with van der Waals surface area (Å²) < 4.78 is 0. The molecule has 0 amide bonds. The summed E-state index contributed by atoms with van der Waals surface area (Å²) >= 11 is 0. The Morgan fingerprint density at radius 3 is 2.65 bits per heavy atom. The van der Waals surface area contributed by atoms with E-state index < -0.39 is 4.92 Å². The third kappa shape index (κ3) is 2.79. The van der Waals surface area contributed by atoms with Gasteiger partial charge >= 0.3 is 5.69 Å². The topological polar surface area (TPSA) is 97.1 Å². The Hall–Kier alpha value is -2.77. The number of pyridine rings is 1. The van der Waals surface area contributed by atoms with Crippen molar-refractivity contribution in [2.24, 2.45) is 0 Å². The highest BCUT2D eigenvalue weighted by Gasteiger charge is 2.24. The molecule has 2 aromatic heterocycles. The first kappa shape index (κ1) is 13.7. The Balaban J connectivity index is 2.46. The highest BCUT2D eigenvalue weighted by molar-refractivity contribution is 5.73. The number of nitrogens with one attached hydrogen (secondary N) is 1. The van der Waals surface area contributed by atoms with Gasteiger partial charge in [-0.05, 0) is 24.6 Å². The summed E-state index contributed by atoms with van der Waals surface area (Å²) in [4.78, 5) is 24.3. The lowest BCUT2D eigenvalue weighted by Gasteiger charge is -2.13. The number of anilines is 3. The molecule has 0 radical (unpaired) electrons. The molecule has 0 fully saturated rings. The molecular weight excluding hydrogens is 260 g/mol. The van der Waals surface area contributed by atoms with Gasteiger partial charge in [0.05, 0.1) is 4.92 Å². The molecule has 0 saturated carbocycles. The van der Waals surface area contributed by atoms with Gasteiger partial charge in [-0.25, -0.2) is 15.0 Å². The van der Waals surface area contributed by atoms with Gasteiger partial charge in [0.15, 0.2) is 0 Å². The van der Waals surface area contributed by atoms with E-state index in [1.165, 1.54) is 6.33 Å². The van der Waals surface area contributed by atoms with Crippen molar-refractivity contribution in [1.29, 1.82) is 0 Å². The molecule has 0 aliphatic carbocycles. The van der Waals surface area contributed by atoms with Crippen molar-refractivity contribution in [1.82, 2.24) is 15.0 Å². The Morgan fingerprint density at radius 1 is 1.30 bits per heavy atom. The Kier molecular flexibility index (Phi) is 3.74. The molecule has 2 rings (SSSR count). The first-order valence-electron chi connectivity index (χ1n) is 5.85. The van der Waals surface area contributed by atoms with Crippen molar-refractivity contribution >= 4 is 23.1 Å². The maximum Gasteiger partial charge on any atom is 0.353 e. The molecule has 0 aliphatic rings. The molecule has 0 aliphatic heterocycles. The third-order valence-electron chi connectivity index (χ3n) is 2.57. The summed E-state index contributed by atoms with van der Waals surface area (Å²) in [6.07, 6.45) is 2.90. The van der Waals surface area contributed by atoms with Crippen molar-refractivity contribution < 1.29 is 4.92 Å². The van der Waals surface area contributed by atoms with Crippen molar-refractivity contribution in [3.05, 3.63) is 40.3 Å². The largest absolute Gasteiger partial charge is 0.357 e. The number of nitrogens with zero attached hydrogens (tertiary/aromatic N) is 5. The Bertz CT molecular complexity index is 644. The van der Waals surface area contributed by atoms with E-state index in [1.807, 2.05) is 13.0 Å². The van der Waals surface area contributed by atoms with E-state index in [4.69, 9.17) is 0 Å². The molecule has 0 atom stereocenters. The Morgan fingerprint density at radius 2 is 2.05 bits per heavy atom. The highest BCUT2D eigenvalue weighted by Crippen LogP contribution is 2.31. The summed E-state index contributed by atoms with van der Waals surface area (Å²) in [5.41, 5.74) is 0.813. The Labute approximate surface area is 115 Å². The minimum atomic E-state index is -0.506. The van der Waals surface area contributed by atoms with Gasteiger partial charge in [0.25, 0.3) is 0 Å². The van der Waals surface area contributed by atoms with E-state index in [0.29, 0.717) is 5.82 Å². The van der Waals surface area contributed by atoms with E-state index >= 15 is 0 Å². The van der Waals surface area contributed by atoms with E-state index in [9.17, 15) is 10.1 Å². The second-order valence-electron chi connectivity index (χ2n) is 4.39. The minimum absolute atomic E-state index is 0.117. The second kappa shape index (κ2) is 5.47. The van der Waals surface area contributed by atoms with Gasteiger partial charge in [-0.3, -0.25) is 10.1 Å².